The molecule has 4 nitrogen and oxygen atoms in total. The van der Waals surface area contributed by atoms with Crippen LogP contribution in [0.15, 0.2) is 0 Å². The van der Waals surface area contributed by atoms with E-state index >= 15 is 0 Å². The molecule has 0 saturated carbocycles. The van der Waals surface area contributed by atoms with Crippen molar-refractivity contribution in [3.63, 3.8) is 0 Å². The van der Waals surface area contributed by atoms with Gasteiger partial charge in [0.05, 0.1) is 12.0 Å². The van der Waals surface area contributed by atoms with E-state index in [1.165, 1.54) is 25.9 Å². The minimum absolute atomic E-state index is 0.236. The zero-order chi connectivity index (χ0) is 13.0. The third-order valence-corrected chi connectivity index (χ3v) is 4.38. The lowest BCUT2D eigenvalue weighted by molar-refractivity contribution is -0.117. The highest BCUT2D eigenvalue weighted by Crippen LogP contribution is 2.27. The first kappa shape index (κ1) is 14.0. The standard InChI is InChI=1S/C14H26N2O2/c1-15-6-3-13(4-7-15)9-16(2)10-14(11-17)5-8-18-12-14/h11,13H,3-10,12H2,1-2H3. The Bertz CT molecular complexity index is 269. The summed E-state index contributed by atoms with van der Waals surface area (Å²) in [5, 5.41) is 0. The number of carbonyl (C=O) groups is 1. The number of carbonyl (C=O) groups excluding carboxylic acids is 1. The van der Waals surface area contributed by atoms with E-state index in [4.69, 9.17) is 4.74 Å². The van der Waals surface area contributed by atoms with Crippen molar-refractivity contribution >= 4 is 6.29 Å². The van der Waals surface area contributed by atoms with Crippen LogP contribution in [-0.4, -0.2) is 69.6 Å². The summed E-state index contributed by atoms with van der Waals surface area (Å²) >= 11 is 0. The fourth-order valence-corrected chi connectivity index (χ4v) is 3.17. The van der Waals surface area contributed by atoms with Gasteiger partial charge in [-0.1, -0.05) is 0 Å². The number of nitrogens with zero attached hydrogens (tertiary/aromatic N) is 2. The van der Waals surface area contributed by atoms with Crippen LogP contribution in [0.5, 0.6) is 0 Å². The van der Waals surface area contributed by atoms with Gasteiger partial charge >= 0.3 is 0 Å². The van der Waals surface area contributed by atoms with Gasteiger partial charge in [-0.25, -0.2) is 0 Å². The fraction of sp³-hybridized carbons (Fsp3) is 0.929. The van der Waals surface area contributed by atoms with Crippen LogP contribution in [0.3, 0.4) is 0 Å². The molecule has 0 N–H and O–H groups in total. The second-order valence-corrected chi connectivity index (χ2v) is 6.23. The lowest BCUT2D eigenvalue weighted by Gasteiger charge is -2.34. The summed E-state index contributed by atoms with van der Waals surface area (Å²) in [5.41, 5.74) is -0.236. The molecule has 104 valence electrons. The average molecular weight is 254 g/mol. The van der Waals surface area contributed by atoms with Gasteiger partial charge in [-0.3, -0.25) is 0 Å². The van der Waals surface area contributed by atoms with E-state index in [9.17, 15) is 4.79 Å². The zero-order valence-electron chi connectivity index (χ0n) is 11.7. The van der Waals surface area contributed by atoms with Crippen LogP contribution in [0, 0.1) is 11.3 Å². The molecule has 0 spiro atoms. The van der Waals surface area contributed by atoms with Gasteiger partial charge in [0.15, 0.2) is 0 Å². The number of aldehydes is 1. The van der Waals surface area contributed by atoms with Gasteiger partial charge in [0.2, 0.25) is 0 Å². The van der Waals surface area contributed by atoms with Crippen LogP contribution in [0.2, 0.25) is 0 Å². The maximum atomic E-state index is 11.3. The summed E-state index contributed by atoms with van der Waals surface area (Å²) in [6.45, 7) is 5.72. The van der Waals surface area contributed by atoms with Crippen LogP contribution in [0.4, 0.5) is 0 Å². The molecule has 1 atom stereocenters. The molecule has 0 aromatic rings. The van der Waals surface area contributed by atoms with Gasteiger partial charge in [0.1, 0.15) is 6.29 Å². The number of ether oxygens (including phenoxy) is 1. The van der Waals surface area contributed by atoms with Crippen molar-refractivity contribution < 1.29 is 9.53 Å². The number of hydrogen-bond acceptors (Lipinski definition) is 4. The van der Waals surface area contributed by atoms with E-state index in [0.29, 0.717) is 6.61 Å². The van der Waals surface area contributed by atoms with Crippen LogP contribution in [-0.2, 0) is 9.53 Å². The van der Waals surface area contributed by atoms with Crippen molar-refractivity contribution in [2.75, 3.05) is 53.5 Å². The fourth-order valence-electron chi connectivity index (χ4n) is 3.17. The Labute approximate surface area is 110 Å². The number of hydrogen-bond donors (Lipinski definition) is 0. The van der Waals surface area contributed by atoms with Gasteiger partial charge in [0.25, 0.3) is 0 Å². The predicted octanol–water partition coefficient (Wildman–Crippen LogP) is 0.866. The molecule has 2 heterocycles. The first-order chi connectivity index (χ1) is 8.63. The van der Waals surface area contributed by atoms with E-state index in [1.54, 1.807) is 0 Å². The highest BCUT2D eigenvalue weighted by atomic mass is 16.5. The van der Waals surface area contributed by atoms with Crippen molar-refractivity contribution in [3.05, 3.63) is 0 Å². The van der Waals surface area contributed by atoms with Crippen LogP contribution in [0.1, 0.15) is 19.3 Å². The molecule has 0 aliphatic carbocycles. The second kappa shape index (κ2) is 6.13. The molecule has 0 radical (unpaired) electrons. The highest BCUT2D eigenvalue weighted by Gasteiger charge is 2.36. The lowest BCUT2D eigenvalue weighted by atomic mass is 9.88. The second-order valence-electron chi connectivity index (χ2n) is 6.23. The van der Waals surface area contributed by atoms with Gasteiger partial charge in [-0.05, 0) is 52.4 Å². The van der Waals surface area contributed by atoms with Crippen molar-refractivity contribution in [1.29, 1.82) is 0 Å². The summed E-state index contributed by atoms with van der Waals surface area (Å²) < 4.78 is 5.39. The Hall–Kier alpha value is -0.450. The summed E-state index contributed by atoms with van der Waals surface area (Å²) in [6, 6.07) is 0. The molecule has 0 amide bonds. The van der Waals surface area contributed by atoms with E-state index < -0.39 is 0 Å². The molecule has 0 aromatic heterocycles. The summed E-state index contributed by atoms with van der Waals surface area (Å²) in [4.78, 5) is 16.0. The van der Waals surface area contributed by atoms with Crippen molar-refractivity contribution in [1.82, 2.24) is 9.80 Å². The first-order valence-electron chi connectivity index (χ1n) is 7.05. The smallest absolute Gasteiger partial charge is 0.129 e. The molecular formula is C14H26N2O2. The molecule has 4 heteroatoms. The minimum Gasteiger partial charge on any atom is -0.380 e. The molecule has 2 saturated heterocycles. The van der Waals surface area contributed by atoms with Crippen molar-refractivity contribution in [2.45, 2.75) is 19.3 Å². The van der Waals surface area contributed by atoms with E-state index in [-0.39, 0.29) is 5.41 Å². The quantitative estimate of drug-likeness (QED) is 0.682. The topological polar surface area (TPSA) is 32.8 Å². The SMILES string of the molecule is CN1CCC(CN(C)CC2(C=O)CCOC2)CC1. The van der Waals surface area contributed by atoms with Crippen LogP contribution < -0.4 is 0 Å². The maximum absolute atomic E-state index is 11.3. The van der Waals surface area contributed by atoms with Crippen LogP contribution in [0.25, 0.3) is 0 Å². The number of rotatable bonds is 5. The lowest BCUT2D eigenvalue weighted by Crippen LogP contribution is -2.41. The Morgan fingerprint density at radius 2 is 2.17 bits per heavy atom. The van der Waals surface area contributed by atoms with E-state index in [1.807, 2.05) is 0 Å². The Balaban J connectivity index is 1.77. The van der Waals surface area contributed by atoms with Crippen LogP contribution >= 0.6 is 0 Å². The molecule has 2 rings (SSSR count). The Morgan fingerprint density at radius 3 is 2.72 bits per heavy atom. The highest BCUT2D eigenvalue weighted by molar-refractivity contribution is 5.60. The molecular weight excluding hydrogens is 228 g/mol. The zero-order valence-corrected chi connectivity index (χ0v) is 11.7. The molecule has 0 aromatic carbocycles. The summed E-state index contributed by atoms with van der Waals surface area (Å²) in [7, 11) is 4.33. The van der Waals surface area contributed by atoms with Crippen molar-refractivity contribution in [3.8, 4) is 0 Å². The summed E-state index contributed by atoms with van der Waals surface area (Å²) in [5.74, 6) is 0.789. The molecule has 1 unspecified atom stereocenters. The average Bonchev–Trinajstić information content (AvgIpc) is 2.81. The third kappa shape index (κ3) is 3.53. The van der Waals surface area contributed by atoms with Gasteiger partial charge in [0, 0.05) is 19.7 Å². The maximum Gasteiger partial charge on any atom is 0.129 e. The van der Waals surface area contributed by atoms with Gasteiger partial charge in [-0.2, -0.15) is 0 Å². The van der Waals surface area contributed by atoms with E-state index in [0.717, 1.165) is 38.3 Å². The normalized spacial score (nSPS) is 31.1. The molecule has 2 fully saturated rings. The van der Waals surface area contributed by atoms with E-state index in [2.05, 4.69) is 23.9 Å². The Morgan fingerprint density at radius 1 is 1.44 bits per heavy atom. The van der Waals surface area contributed by atoms with Gasteiger partial charge in [-0.15, -0.1) is 0 Å². The number of piperidine rings is 1. The van der Waals surface area contributed by atoms with Gasteiger partial charge < -0.3 is 19.3 Å². The molecule has 0 bridgehead atoms. The number of likely N-dealkylation sites (tertiary alicyclic amines) is 1. The third-order valence-electron chi connectivity index (χ3n) is 4.38. The Kier molecular flexibility index (Phi) is 4.76. The molecule has 2 aliphatic rings. The monoisotopic (exact) mass is 254 g/mol. The summed E-state index contributed by atoms with van der Waals surface area (Å²) in [6.07, 6.45) is 4.57. The first-order valence-corrected chi connectivity index (χ1v) is 7.05. The predicted molar refractivity (Wildman–Crippen MR) is 71.7 cm³/mol. The minimum atomic E-state index is -0.236. The largest absolute Gasteiger partial charge is 0.380 e. The molecule has 18 heavy (non-hydrogen) atoms. The van der Waals surface area contributed by atoms with Crippen molar-refractivity contribution in [2.24, 2.45) is 11.3 Å². The molecule has 2 aliphatic heterocycles.